The topological polar surface area (TPSA) is 49.0 Å². The van der Waals surface area contributed by atoms with Crippen LogP contribution in [0.2, 0.25) is 5.02 Å². The fraction of sp³-hybridized carbons (Fsp3) is 0.600. The molecule has 0 spiro atoms. The molecule has 21 heavy (non-hydrogen) atoms. The van der Waals surface area contributed by atoms with Gasteiger partial charge >= 0.3 is 0 Å². The van der Waals surface area contributed by atoms with Gasteiger partial charge in [0.1, 0.15) is 6.61 Å². The minimum atomic E-state index is 0.440. The first-order valence-corrected chi connectivity index (χ1v) is 7.37. The van der Waals surface area contributed by atoms with Gasteiger partial charge in [0.25, 0.3) is 0 Å². The van der Waals surface area contributed by atoms with E-state index in [1.807, 2.05) is 19.1 Å². The van der Waals surface area contributed by atoms with Gasteiger partial charge in [-0.05, 0) is 24.6 Å². The van der Waals surface area contributed by atoms with Crippen LogP contribution in [-0.4, -0.2) is 47.2 Å². The molecule has 1 rings (SSSR count). The second-order valence-corrected chi connectivity index (χ2v) is 4.73. The van der Waals surface area contributed by atoms with E-state index in [0.29, 0.717) is 49.5 Å². The van der Waals surface area contributed by atoms with Crippen molar-refractivity contribution in [2.75, 3.05) is 47.2 Å². The van der Waals surface area contributed by atoms with Crippen molar-refractivity contribution in [2.45, 2.75) is 13.5 Å². The highest BCUT2D eigenvalue weighted by Gasteiger charge is 2.12. The van der Waals surface area contributed by atoms with Gasteiger partial charge in [-0.2, -0.15) is 0 Å². The van der Waals surface area contributed by atoms with Crippen LogP contribution in [0.15, 0.2) is 12.1 Å². The molecule has 0 unspecified atom stereocenters. The molecule has 0 radical (unpaired) electrons. The molecule has 0 fully saturated rings. The van der Waals surface area contributed by atoms with E-state index in [4.69, 9.17) is 30.5 Å². The second-order valence-electron chi connectivity index (χ2n) is 4.32. The molecule has 0 aromatic heterocycles. The third kappa shape index (κ3) is 6.52. The van der Waals surface area contributed by atoms with Crippen molar-refractivity contribution in [3.8, 4) is 11.5 Å². The number of ether oxygens (including phenoxy) is 4. The lowest BCUT2D eigenvalue weighted by Crippen LogP contribution is -2.18. The smallest absolute Gasteiger partial charge is 0.179 e. The Morgan fingerprint density at radius 2 is 1.95 bits per heavy atom. The molecule has 0 aliphatic carbocycles. The lowest BCUT2D eigenvalue weighted by atomic mass is 10.2. The SMILES string of the molecule is CCOCCOc1c(Cl)cc(CNCCOC)cc1OC. The van der Waals surface area contributed by atoms with E-state index in [1.165, 1.54) is 0 Å². The summed E-state index contributed by atoms with van der Waals surface area (Å²) in [5, 5.41) is 3.80. The molecule has 0 heterocycles. The van der Waals surface area contributed by atoms with Crippen molar-refractivity contribution in [2.24, 2.45) is 0 Å². The first-order chi connectivity index (χ1) is 10.2. The van der Waals surface area contributed by atoms with Crippen molar-refractivity contribution in [3.05, 3.63) is 22.7 Å². The Morgan fingerprint density at radius 1 is 1.14 bits per heavy atom. The van der Waals surface area contributed by atoms with E-state index in [2.05, 4.69) is 5.32 Å². The van der Waals surface area contributed by atoms with Gasteiger partial charge in [0, 0.05) is 26.8 Å². The summed E-state index contributed by atoms with van der Waals surface area (Å²) in [6.07, 6.45) is 0. The maximum absolute atomic E-state index is 6.27. The monoisotopic (exact) mass is 317 g/mol. The van der Waals surface area contributed by atoms with Gasteiger partial charge in [-0.15, -0.1) is 0 Å². The molecule has 0 bridgehead atoms. The quantitative estimate of drug-likeness (QED) is 0.635. The Bertz CT molecular complexity index is 415. The Labute approximate surface area is 131 Å². The average molecular weight is 318 g/mol. The largest absolute Gasteiger partial charge is 0.493 e. The molecule has 0 atom stereocenters. The Balaban J connectivity index is 2.63. The molecule has 0 amide bonds. The zero-order valence-electron chi connectivity index (χ0n) is 12.9. The van der Waals surface area contributed by atoms with E-state index in [0.717, 1.165) is 12.1 Å². The molecule has 5 nitrogen and oxygen atoms in total. The van der Waals surface area contributed by atoms with Crippen LogP contribution in [0.25, 0.3) is 0 Å². The maximum Gasteiger partial charge on any atom is 0.179 e. The van der Waals surface area contributed by atoms with Gasteiger partial charge in [0.05, 0.1) is 25.3 Å². The van der Waals surface area contributed by atoms with Crippen LogP contribution < -0.4 is 14.8 Å². The normalized spacial score (nSPS) is 10.7. The number of methoxy groups -OCH3 is 2. The van der Waals surface area contributed by atoms with Crippen molar-refractivity contribution < 1.29 is 18.9 Å². The number of hydrogen-bond acceptors (Lipinski definition) is 5. The van der Waals surface area contributed by atoms with E-state index < -0.39 is 0 Å². The molecule has 120 valence electrons. The zero-order chi connectivity index (χ0) is 15.5. The van der Waals surface area contributed by atoms with E-state index in [-0.39, 0.29) is 0 Å². The predicted molar refractivity (Wildman–Crippen MR) is 83.6 cm³/mol. The van der Waals surface area contributed by atoms with Gasteiger partial charge < -0.3 is 24.3 Å². The molecule has 0 aliphatic rings. The summed E-state index contributed by atoms with van der Waals surface area (Å²) in [5.41, 5.74) is 1.03. The highest BCUT2D eigenvalue weighted by Crippen LogP contribution is 2.36. The summed E-state index contributed by atoms with van der Waals surface area (Å²) in [4.78, 5) is 0. The summed E-state index contributed by atoms with van der Waals surface area (Å²) in [5.74, 6) is 1.18. The molecule has 1 N–H and O–H groups in total. The third-order valence-electron chi connectivity index (χ3n) is 2.78. The van der Waals surface area contributed by atoms with Crippen molar-refractivity contribution in [1.82, 2.24) is 5.32 Å². The Hall–Kier alpha value is -1.01. The number of nitrogens with one attached hydrogen (secondary N) is 1. The molecule has 1 aromatic rings. The summed E-state index contributed by atoms with van der Waals surface area (Å²) in [6.45, 7) is 5.72. The second kappa shape index (κ2) is 10.7. The van der Waals surface area contributed by atoms with Crippen molar-refractivity contribution >= 4 is 11.6 Å². The Morgan fingerprint density at radius 3 is 2.62 bits per heavy atom. The number of halogens is 1. The van der Waals surface area contributed by atoms with Crippen LogP contribution >= 0.6 is 11.6 Å². The fourth-order valence-corrected chi connectivity index (χ4v) is 2.06. The van der Waals surface area contributed by atoms with Gasteiger partial charge in [-0.3, -0.25) is 0 Å². The molecule has 6 heteroatoms. The highest BCUT2D eigenvalue weighted by atomic mass is 35.5. The molecular formula is C15H24ClNO4. The molecule has 0 aliphatic heterocycles. The summed E-state index contributed by atoms with van der Waals surface area (Å²) in [6, 6.07) is 3.79. The molecular weight excluding hydrogens is 294 g/mol. The van der Waals surface area contributed by atoms with Crippen molar-refractivity contribution in [1.29, 1.82) is 0 Å². The summed E-state index contributed by atoms with van der Waals surface area (Å²) in [7, 11) is 3.28. The van der Waals surface area contributed by atoms with Gasteiger partial charge in [-0.1, -0.05) is 11.6 Å². The number of rotatable bonds is 11. The predicted octanol–water partition coefficient (Wildman–Crippen LogP) is 2.50. The van der Waals surface area contributed by atoms with Crippen LogP contribution in [0.3, 0.4) is 0 Å². The van der Waals surface area contributed by atoms with Gasteiger partial charge in [0.15, 0.2) is 11.5 Å². The van der Waals surface area contributed by atoms with Crippen LogP contribution in [0.4, 0.5) is 0 Å². The standard InChI is InChI=1S/C15H24ClNO4/c1-4-20-7-8-21-15-13(16)9-12(10-14(15)19-3)11-17-5-6-18-2/h9-10,17H,4-8,11H2,1-3H3. The number of hydrogen-bond donors (Lipinski definition) is 1. The number of benzene rings is 1. The van der Waals surface area contributed by atoms with Crippen LogP contribution in [0.5, 0.6) is 11.5 Å². The molecule has 0 saturated heterocycles. The van der Waals surface area contributed by atoms with E-state index >= 15 is 0 Å². The minimum Gasteiger partial charge on any atom is -0.493 e. The van der Waals surface area contributed by atoms with Crippen LogP contribution in [0, 0.1) is 0 Å². The molecule has 1 aromatic carbocycles. The fourth-order valence-electron chi connectivity index (χ4n) is 1.77. The highest BCUT2D eigenvalue weighted by molar-refractivity contribution is 6.32. The average Bonchev–Trinajstić information content (AvgIpc) is 2.49. The van der Waals surface area contributed by atoms with Crippen LogP contribution in [-0.2, 0) is 16.0 Å². The third-order valence-corrected chi connectivity index (χ3v) is 3.06. The first kappa shape index (κ1) is 18.0. The lowest BCUT2D eigenvalue weighted by Gasteiger charge is -2.14. The molecule has 0 saturated carbocycles. The first-order valence-electron chi connectivity index (χ1n) is 6.99. The zero-order valence-corrected chi connectivity index (χ0v) is 13.7. The van der Waals surface area contributed by atoms with Gasteiger partial charge in [0.2, 0.25) is 0 Å². The Kier molecular flexibility index (Phi) is 9.17. The van der Waals surface area contributed by atoms with Crippen molar-refractivity contribution in [3.63, 3.8) is 0 Å². The lowest BCUT2D eigenvalue weighted by molar-refractivity contribution is 0.109. The van der Waals surface area contributed by atoms with E-state index in [1.54, 1.807) is 14.2 Å². The minimum absolute atomic E-state index is 0.440. The summed E-state index contributed by atoms with van der Waals surface area (Å²) < 4.78 is 21.2. The maximum atomic E-state index is 6.27. The van der Waals surface area contributed by atoms with Crippen LogP contribution in [0.1, 0.15) is 12.5 Å². The van der Waals surface area contributed by atoms with Gasteiger partial charge in [-0.25, -0.2) is 0 Å². The van der Waals surface area contributed by atoms with E-state index in [9.17, 15) is 0 Å². The summed E-state index contributed by atoms with van der Waals surface area (Å²) >= 11 is 6.27.